The molecule has 1 heterocycles. The van der Waals surface area contributed by atoms with Crippen molar-refractivity contribution in [1.82, 2.24) is 9.88 Å². The van der Waals surface area contributed by atoms with Crippen LogP contribution in [0.4, 0.5) is 5.69 Å². The molecule has 0 saturated carbocycles. The minimum atomic E-state index is -0.348. The number of hydrogen-bond acceptors (Lipinski definition) is 4. The van der Waals surface area contributed by atoms with E-state index in [4.69, 9.17) is 4.74 Å². The Kier molecular flexibility index (Phi) is 5.82. The molecule has 2 amide bonds. The number of ether oxygens (including phenoxy) is 1. The standard InChI is InChI=1S/C19H23N3O4/c1-11-17(13(3)23)12(2)20-18(11)19(25)22(4)10-16(24)21-14-7-6-8-15(9-14)26-5/h6-9,20H,10H2,1-5H3,(H,21,24). The molecule has 0 aliphatic heterocycles. The van der Waals surface area contributed by atoms with Gasteiger partial charge in [0, 0.05) is 30.1 Å². The number of aryl methyl sites for hydroxylation is 1. The molecule has 1 aromatic heterocycles. The predicted molar refractivity (Wildman–Crippen MR) is 98.9 cm³/mol. The molecule has 0 bridgehead atoms. The quantitative estimate of drug-likeness (QED) is 0.777. The Balaban J connectivity index is 2.08. The van der Waals surface area contributed by atoms with Crippen molar-refractivity contribution in [3.05, 3.63) is 46.8 Å². The van der Waals surface area contributed by atoms with E-state index in [1.807, 2.05) is 0 Å². The molecule has 0 spiro atoms. The normalized spacial score (nSPS) is 10.3. The molecule has 2 rings (SSSR count). The molecular weight excluding hydrogens is 334 g/mol. The average molecular weight is 357 g/mol. The first-order chi connectivity index (χ1) is 12.2. The lowest BCUT2D eigenvalue weighted by molar-refractivity contribution is -0.116. The van der Waals surface area contributed by atoms with E-state index in [0.29, 0.717) is 34.0 Å². The van der Waals surface area contributed by atoms with Crippen molar-refractivity contribution in [2.75, 3.05) is 26.0 Å². The Bertz CT molecular complexity index is 854. The first kappa shape index (κ1) is 19.2. The number of benzene rings is 1. The van der Waals surface area contributed by atoms with Gasteiger partial charge in [0.15, 0.2) is 5.78 Å². The monoisotopic (exact) mass is 357 g/mol. The van der Waals surface area contributed by atoms with Crippen LogP contribution < -0.4 is 10.1 Å². The summed E-state index contributed by atoms with van der Waals surface area (Å²) in [7, 11) is 3.08. The number of ketones is 1. The van der Waals surface area contributed by atoms with E-state index in [1.54, 1.807) is 45.2 Å². The number of carbonyl (C=O) groups excluding carboxylic acids is 3. The topological polar surface area (TPSA) is 91.5 Å². The largest absolute Gasteiger partial charge is 0.497 e. The summed E-state index contributed by atoms with van der Waals surface area (Å²) in [6, 6.07) is 6.96. The Morgan fingerprint density at radius 3 is 2.50 bits per heavy atom. The number of nitrogens with one attached hydrogen (secondary N) is 2. The number of H-pyrrole nitrogens is 1. The van der Waals surface area contributed by atoms with Crippen molar-refractivity contribution in [3.63, 3.8) is 0 Å². The van der Waals surface area contributed by atoms with Crippen molar-refractivity contribution >= 4 is 23.3 Å². The highest BCUT2D eigenvalue weighted by atomic mass is 16.5. The minimum Gasteiger partial charge on any atom is -0.497 e. The van der Waals surface area contributed by atoms with Gasteiger partial charge in [0.05, 0.1) is 13.7 Å². The predicted octanol–water partition coefficient (Wildman–Crippen LogP) is 2.55. The van der Waals surface area contributed by atoms with E-state index in [0.717, 1.165) is 0 Å². The summed E-state index contributed by atoms with van der Waals surface area (Å²) >= 11 is 0. The Morgan fingerprint density at radius 2 is 1.92 bits per heavy atom. The van der Waals surface area contributed by atoms with E-state index in [1.165, 1.54) is 18.9 Å². The van der Waals surface area contributed by atoms with Gasteiger partial charge in [0.25, 0.3) is 5.91 Å². The molecule has 0 fully saturated rings. The van der Waals surface area contributed by atoms with Crippen LogP contribution in [0.2, 0.25) is 0 Å². The first-order valence-electron chi connectivity index (χ1n) is 8.14. The van der Waals surface area contributed by atoms with Gasteiger partial charge in [-0.15, -0.1) is 0 Å². The van der Waals surface area contributed by atoms with Crippen molar-refractivity contribution in [2.24, 2.45) is 0 Å². The van der Waals surface area contributed by atoms with Crippen LogP contribution in [0.3, 0.4) is 0 Å². The minimum absolute atomic E-state index is 0.103. The number of likely N-dealkylation sites (N-methyl/N-ethyl adjacent to an activating group) is 1. The highest BCUT2D eigenvalue weighted by molar-refractivity contribution is 6.03. The lowest BCUT2D eigenvalue weighted by Crippen LogP contribution is -2.35. The molecule has 0 unspecified atom stereocenters. The second-order valence-electron chi connectivity index (χ2n) is 6.12. The van der Waals surface area contributed by atoms with Crippen LogP contribution >= 0.6 is 0 Å². The average Bonchev–Trinajstić information content (AvgIpc) is 2.88. The molecule has 7 nitrogen and oxygen atoms in total. The third-order valence-electron chi connectivity index (χ3n) is 4.08. The van der Waals surface area contributed by atoms with Crippen LogP contribution in [0.5, 0.6) is 5.75 Å². The number of aromatic nitrogens is 1. The van der Waals surface area contributed by atoms with Crippen LogP contribution in [0.1, 0.15) is 39.0 Å². The van der Waals surface area contributed by atoms with E-state index < -0.39 is 0 Å². The zero-order valence-electron chi connectivity index (χ0n) is 15.6. The molecule has 0 radical (unpaired) electrons. The molecule has 2 aromatic rings. The summed E-state index contributed by atoms with van der Waals surface area (Å²) in [5.41, 5.74) is 2.67. The molecule has 0 aliphatic carbocycles. The summed E-state index contributed by atoms with van der Waals surface area (Å²) in [6.07, 6.45) is 0. The lowest BCUT2D eigenvalue weighted by Gasteiger charge is -2.17. The number of aromatic amines is 1. The highest BCUT2D eigenvalue weighted by Gasteiger charge is 2.23. The van der Waals surface area contributed by atoms with Crippen molar-refractivity contribution in [2.45, 2.75) is 20.8 Å². The summed E-state index contributed by atoms with van der Waals surface area (Å²) in [5.74, 6) is -0.157. The Hall–Kier alpha value is -3.09. The Morgan fingerprint density at radius 1 is 1.23 bits per heavy atom. The van der Waals surface area contributed by atoms with Gasteiger partial charge in [0.1, 0.15) is 11.4 Å². The van der Waals surface area contributed by atoms with E-state index >= 15 is 0 Å². The number of anilines is 1. The maximum atomic E-state index is 12.6. The van der Waals surface area contributed by atoms with Gasteiger partial charge in [-0.2, -0.15) is 0 Å². The third-order valence-corrected chi connectivity index (χ3v) is 4.08. The van der Waals surface area contributed by atoms with Gasteiger partial charge in [-0.05, 0) is 38.5 Å². The highest BCUT2D eigenvalue weighted by Crippen LogP contribution is 2.20. The SMILES string of the molecule is COc1cccc(NC(=O)CN(C)C(=O)c2[nH]c(C)c(C(C)=O)c2C)c1. The van der Waals surface area contributed by atoms with Crippen LogP contribution in [-0.2, 0) is 4.79 Å². The fourth-order valence-electron chi connectivity index (χ4n) is 2.87. The van der Waals surface area contributed by atoms with Gasteiger partial charge in [-0.3, -0.25) is 14.4 Å². The lowest BCUT2D eigenvalue weighted by atomic mass is 10.1. The maximum absolute atomic E-state index is 12.6. The van der Waals surface area contributed by atoms with Crippen LogP contribution in [0, 0.1) is 13.8 Å². The van der Waals surface area contributed by atoms with Gasteiger partial charge < -0.3 is 19.9 Å². The van der Waals surface area contributed by atoms with Crippen molar-refractivity contribution in [3.8, 4) is 5.75 Å². The van der Waals surface area contributed by atoms with Crippen molar-refractivity contribution < 1.29 is 19.1 Å². The van der Waals surface area contributed by atoms with E-state index in [9.17, 15) is 14.4 Å². The van der Waals surface area contributed by atoms with E-state index in [-0.39, 0.29) is 24.1 Å². The van der Waals surface area contributed by atoms with E-state index in [2.05, 4.69) is 10.3 Å². The summed E-state index contributed by atoms with van der Waals surface area (Å²) in [5, 5.41) is 2.73. The molecule has 1 aromatic carbocycles. The molecule has 0 saturated heterocycles. The molecule has 0 atom stereocenters. The van der Waals surface area contributed by atoms with Gasteiger partial charge >= 0.3 is 0 Å². The number of rotatable bonds is 6. The molecule has 2 N–H and O–H groups in total. The maximum Gasteiger partial charge on any atom is 0.270 e. The van der Waals surface area contributed by atoms with Gasteiger partial charge in [-0.25, -0.2) is 0 Å². The number of hydrogen-bond donors (Lipinski definition) is 2. The molecule has 26 heavy (non-hydrogen) atoms. The fourth-order valence-corrected chi connectivity index (χ4v) is 2.87. The second kappa shape index (κ2) is 7.86. The number of methoxy groups -OCH3 is 1. The van der Waals surface area contributed by atoms with Crippen LogP contribution in [0.15, 0.2) is 24.3 Å². The number of Topliss-reactive ketones (excluding diaryl/α,β-unsaturated/α-hetero) is 1. The second-order valence-corrected chi connectivity index (χ2v) is 6.12. The van der Waals surface area contributed by atoms with Gasteiger partial charge in [0.2, 0.25) is 5.91 Å². The smallest absolute Gasteiger partial charge is 0.270 e. The molecule has 0 aliphatic rings. The molecule has 7 heteroatoms. The zero-order chi connectivity index (χ0) is 19.4. The third kappa shape index (κ3) is 4.11. The number of carbonyl (C=O) groups is 3. The first-order valence-corrected chi connectivity index (χ1v) is 8.14. The van der Waals surface area contributed by atoms with Gasteiger partial charge in [-0.1, -0.05) is 6.07 Å². The number of amides is 2. The zero-order valence-corrected chi connectivity index (χ0v) is 15.6. The summed E-state index contributed by atoms with van der Waals surface area (Å²) in [6.45, 7) is 4.80. The summed E-state index contributed by atoms with van der Waals surface area (Å²) < 4.78 is 5.11. The Labute approximate surface area is 152 Å². The fraction of sp³-hybridized carbons (Fsp3) is 0.316. The van der Waals surface area contributed by atoms with Crippen molar-refractivity contribution in [1.29, 1.82) is 0 Å². The van der Waals surface area contributed by atoms with Crippen LogP contribution in [-0.4, -0.2) is 48.2 Å². The summed E-state index contributed by atoms with van der Waals surface area (Å²) in [4.78, 5) is 40.8. The number of nitrogens with zero attached hydrogens (tertiary/aromatic N) is 1. The van der Waals surface area contributed by atoms with Crippen LogP contribution in [0.25, 0.3) is 0 Å². The molecular formula is C19H23N3O4. The molecule has 138 valence electrons.